The first kappa shape index (κ1) is 11.7. The van der Waals surface area contributed by atoms with Crippen molar-refractivity contribution < 1.29 is 28.0 Å². The number of carboxylic acids is 1. The summed E-state index contributed by atoms with van der Waals surface area (Å²) in [4.78, 5) is 10.3. The van der Waals surface area contributed by atoms with Gasteiger partial charge in [-0.3, -0.25) is 9.35 Å². The largest absolute Gasteiger partial charge is 0.510 e. The Bertz CT molecular complexity index is 338. The van der Waals surface area contributed by atoms with Crippen molar-refractivity contribution in [2.75, 3.05) is 0 Å². The molecule has 0 heterocycles. The molecule has 0 aromatic heterocycles. The van der Waals surface area contributed by atoms with Gasteiger partial charge in [0.1, 0.15) is 11.7 Å². The van der Waals surface area contributed by atoms with Crippen LogP contribution >= 0.6 is 0 Å². The number of carbonyl (C=O) groups is 1. The molecule has 0 bridgehead atoms. The van der Waals surface area contributed by atoms with E-state index >= 15 is 0 Å². The molecule has 0 aliphatic heterocycles. The van der Waals surface area contributed by atoms with Gasteiger partial charge in [-0.25, -0.2) is 0 Å². The van der Waals surface area contributed by atoms with Crippen molar-refractivity contribution in [1.82, 2.24) is 0 Å². The summed E-state index contributed by atoms with van der Waals surface area (Å²) in [5, 5.41) is 17.3. The minimum absolute atomic E-state index is 0.0491. The third-order valence-corrected chi connectivity index (χ3v) is 1.63. The number of hydrogen-bond acceptors (Lipinski definition) is 4. The highest BCUT2D eigenvalue weighted by Gasteiger charge is 2.19. The lowest BCUT2D eigenvalue weighted by molar-refractivity contribution is -0.139. The van der Waals surface area contributed by atoms with Gasteiger partial charge >= 0.3 is 5.97 Å². The Morgan fingerprint density at radius 3 is 2.08 bits per heavy atom. The molecule has 1 unspecified atom stereocenters. The summed E-state index contributed by atoms with van der Waals surface area (Å²) >= 11 is 0. The van der Waals surface area contributed by atoms with E-state index in [2.05, 4.69) is 6.58 Å². The molecule has 0 aliphatic rings. The number of rotatable bonds is 4. The topological polar surface area (TPSA) is 112 Å². The second kappa shape index (κ2) is 4.06. The van der Waals surface area contributed by atoms with Crippen LogP contribution < -0.4 is 0 Å². The van der Waals surface area contributed by atoms with Gasteiger partial charge in [0, 0.05) is 0 Å². The van der Waals surface area contributed by atoms with Crippen LogP contribution in [0.1, 0.15) is 0 Å². The summed E-state index contributed by atoms with van der Waals surface area (Å²) in [6.07, 6.45) is 0.833. The maximum absolute atomic E-state index is 10.3. The first-order valence-electron chi connectivity index (χ1n) is 3.01. The first-order valence-corrected chi connectivity index (χ1v) is 4.51. The summed E-state index contributed by atoms with van der Waals surface area (Å²) in [5.74, 6) is -4.00. The molecular weight excluding hydrogens is 200 g/mol. The van der Waals surface area contributed by atoms with E-state index in [-0.39, 0.29) is 5.41 Å². The highest BCUT2D eigenvalue weighted by atomic mass is 32.2. The van der Waals surface area contributed by atoms with E-state index in [9.17, 15) is 13.2 Å². The summed E-state index contributed by atoms with van der Waals surface area (Å²) in [6, 6.07) is 0. The van der Waals surface area contributed by atoms with Crippen LogP contribution in [0.3, 0.4) is 0 Å². The summed E-state index contributed by atoms with van der Waals surface area (Å²) in [6.45, 7) is 3.08. The zero-order valence-electron chi connectivity index (χ0n) is 6.41. The molecule has 74 valence electrons. The Labute approximate surface area is 74.6 Å². The fourth-order valence-electron chi connectivity index (χ4n) is 0.574. The second-order valence-corrected chi connectivity index (χ2v) is 3.37. The molecule has 0 rings (SSSR count). The van der Waals surface area contributed by atoms with Crippen LogP contribution in [0, 0.1) is 5.92 Å². The normalized spacial score (nSPS) is 15.0. The molecule has 13 heavy (non-hydrogen) atoms. The predicted molar refractivity (Wildman–Crippen MR) is 43.6 cm³/mol. The monoisotopic (exact) mass is 208 g/mol. The van der Waals surface area contributed by atoms with Crippen molar-refractivity contribution in [3.8, 4) is 0 Å². The maximum Gasteiger partial charge on any atom is 0.318 e. The molecule has 0 amide bonds. The predicted octanol–water partition coefficient (Wildman–Crippen LogP) is 0.160. The Kier molecular flexibility index (Phi) is 3.64. The number of aliphatic hydroxyl groups is 1. The molecule has 0 fully saturated rings. The highest BCUT2D eigenvalue weighted by molar-refractivity contribution is 7.88. The van der Waals surface area contributed by atoms with E-state index in [0.29, 0.717) is 0 Å². The summed E-state index contributed by atoms with van der Waals surface area (Å²) in [7, 11) is -4.54. The van der Waals surface area contributed by atoms with Crippen molar-refractivity contribution in [2.45, 2.75) is 0 Å². The smallest absolute Gasteiger partial charge is 0.318 e. The van der Waals surface area contributed by atoms with Crippen LogP contribution in [0.4, 0.5) is 0 Å². The fraction of sp³-hybridized carbons (Fsp3) is 0.167. The van der Waals surface area contributed by atoms with E-state index in [1.165, 1.54) is 0 Å². The van der Waals surface area contributed by atoms with Gasteiger partial charge in [0.15, 0.2) is 0 Å². The van der Waals surface area contributed by atoms with Gasteiger partial charge in [0.2, 0.25) is 0 Å². The van der Waals surface area contributed by atoms with Gasteiger partial charge in [-0.15, -0.1) is 6.58 Å². The van der Waals surface area contributed by atoms with Crippen LogP contribution in [0.5, 0.6) is 0 Å². The van der Waals surface area contributed by atoms with Crippen LogP contribution in [-0.2, 0) is 14.9 Å². The van der Waals surface area contributed by atoms with E-state index < -0.39 is 27.8 Å². The number of hydrogen-bond donors (Lipinski definition) is 3. The lowest BCUT2D eigenvalue weighted by atomic mass is 10.1. The van der Waals surface area contributed by atoms with Crippen molar-refractivity contribution in [3.05, 3.63) is 23.8 Å². The number of carboxylic acid groups (broad SMARTS) is 1. The molecule has 7 heteroatoms. The van der Waals surface area contributed by atoms with Gasteiger partial charge in [-0.1, -0.05) is 6.08 Å². The average molecular weight is 208 g/mol. The lowest BCUT2D eigenvalue weighted by Crippen LogP contribution is -2.14. The highest BCUT2D eigenvalue weighted by Crippen LogP contribution is 2.10. The molecule has 1 atom stereocenters. The van der Waals surface area contributed by atoms with Crippen LogP contribution in [0.25, 0.3) is 0 Å². The molecule has 0 saturated carbocycles. The zero-order valence-corrected chi connectivity index (χ0v) is 7.23. The fourth-order valence-corrected chi connectivity index (χ4v) is 1.03. The van der Waals surface area contributed by atoms with Crippen molar-refractivity contribution in [3.63, 3.8) is 0 Å². The molecule has 0 aromatic carbocycles. The first-order chi connectivity index (χ1) is 5.78. The molecule has 3 N–H and O–H groups in total. The molecule has 0 aliphatic carbocycles. The maximum atomic E-state index is 10.3. The van der Waals surface area contributed by atoms with Gasteiger partial charge in [0.25, 0.3) is 10.1 Å². The van der Waals surface area contributed by atoms with Gasteiger partial charge in [-0.2, -0.15) is 8.42 Å². The van der Waals surface area contributed by atoms with E-state index in [1.807, 2.05) is 0 Å². The second-order valence-electron chi connectivity index (χ2n) is 2.11. The van der Waals surface area contributed by atoms with Gasteiger partial charge in [0.05, 0.1) is 5.41 Å². The minimum Gasteiger partial charge on any atom is -0.510 e. The molecule has 0 saturated heterocycles. The number of aliphatic hydroxyl groups excluding tert-OH is 1. The summed E-state index contributed by atoms with van der Waals surface area (Å²) < 4.78 is 28.6. The standard InChI is InChI=1S/C6H8O6S/c1-2-4(6(8)9)5(7)3-13(10,11)12/h2-4,7H,1H2,(H,8,9)(H,10,11,12). The number of aliphatic carboxylic acids is 1. The quantitative estimate of drug-likeness (QED) is 0.344. The SMILES string of the molecule is C=CC(C(=O)O)C(O)=CS(=O)(=O)O. The van der Waals surface area contributed by atoms with E-state index in [4.69, 9.17) is 14.8 Å². The average Bonchev–Trinajstić information content (AvgIpc) is 1.82. The molecule has 6 nitrogen and oxygen atoms in total. The van der Waals surface area contributed by atoms with Crippen LogP contribution in [0.2, 0.25) is 0 Å². The molecule has 0 spiro atoms. The Hall–Kier alpha value is -1.34. The molecule has 0 radical (unpaired) electrons. The van der Waals surface area contributed by atoms with E-state index in [0.717, 1.165) is 6.08 Å². The Morgan fingerprint density at radius 2 is 1.85 bits per heavy atom. The van der Waals surface area contributed by atoms with Gasteiger partial charge in [-0.05, 0) is 0 Å². The third kappa shape index (κ3) is 4.28. The lowest BCUT2D eigenvalue weighted by Gasteiger charge is -2.04. The summed E-state index contributed by atoms with van der Waals surface area (Å²) in [5.41, 5.74) is 0. The third-order valence-electron chi connectivity index (χ3n) is 1.09. The van der Waals surface area contributed by atoms with Crippen molar-refractivity contribution in [1.29, 1.82) is 0 Å². The Balaban J connectivity index is 4.96. The van der Waals surface area contributed by atoms with Crippen LogP contribution in [0.15, 0.2) is 23.8 Å². The van der Waals surface area contributed by atoms with Gasteiger partial charge < -0.3 is 10.2 Å². The van der Waals surface area contributed by atoms with Crippen molar-refractivity contribution >= 4 is 16.1 Å². The van der Waals surface area contributed by atoms with E-state index in [1.54, 1.807) is 0 Å². The zero-order chi connectivity index (χ0) is 10.6. The molecular formula is C6H8O6S. The van der Waals surface area contributed by atoms with Crippen molar-refractivity contribution in [2.24, 2.45) is 5.92 Å². The van der Waals surface area contributed by atoms with Crippen LogP contribution in [-0.4, -0.2) is 29.2 Å². The Morgan fingerprint density at radius 1 is 1.38 bits per heavy atom. The molecule has 0 aromatic rings. The minimum atomic E-state index is -4.54.